The summed E-state index contributed by atoms with van der Waals surface area (Å²) in [7, 11) is 0. The van der Waals surface area contributed by atoms with Crippen molar-refractivity contribution in [2.24, 2.45) is 34.5 Å². The molecule has 0 aromatic rings. The summed E-state index contributed by atoms with van der Waals surface area (Å²) < 4.78 is 0. The normalized spacial score (nSPS) is 44.7. The molecule has 3 heteroatoms. The van der Waals surface area contributed by atoms with Crippen LogP contribution in [-0.2, 0) is 14.4 Å². The van der Waals surface area contributed by atoms with Gasteiger partial charge >= 0.3 is 0 Å². The second kappa shape index (κ2) is 5.74. The number of fused-ring (bicyclic) bond motifs is 5. The predicted octanol–water partition coefficient (Wildman–Crippen LogP) is 4.46. The fourth-order valence-electron chi connectivity index (χ4n) is 6.87. The van der Waals surface area contributed by atoms with Crippen LogP contribution in [0.1, 0.15) is 65.7 Å². The Balaban J connectivity index is 1.69. The van der Waals surface area contributed by atoms with E-state index in [1.165, 1.54) is 5.57 Å². The average Bonchev–Trinajstić information content (AvgIpc) is 2.89. The zero-order chi connectivity index (χ0) is 18.9. The Bertz CT molecular complexity index is 745. The Morgan fingerprint density at radius 2 is 1.85 bits per heavy atom. The van der Waals surface area contributed by atoms with E-state index in [4.69, 9.17) is 0 Å². The van der Waals surface area contributed by atoms with E-state index in [1.807, 2.05) is 0 Å². The highest BCUT2D eigenvalue weighted by atomic mass is 16.2. The number of allylic oxidation sites excluding steroid dienone is 3. The van der Waals surface area contributed by atoms with Crippen molar-refractivity contribution in [3.8, 4) is 0 Å². The number of hydrogen-bond acceptors (Lipinski definition) is 3. The minimum atomic E-state index is -0.521. The molecule has 6 atom stereocenters. The van der Waals surface area contributed by atoms with Gasteiger partial charge in [0.2, 0.25) is 0 Å². The van der Waals surface area contributed by atoms with E-state index in [-0.39, 0.29) is 22.4 Å². The summed E-state index contributed by atoms with van der Waals surface area (Å²) in [5, 5.41) is 0. The largest absolute Gasteiger partial charge is 0.299 e. The zero-order valence-corrected chi connectivity index (χ0v) is 16.3. The Hall–Kier alpha value is -1.51. The summed E-state index contributed by atoms with van der Waals surface area (Å²) in [5.41, 5.74) is 1.52. The topological polar surface area (TPSA) is 51.2 Å². The van der Waals surface area contributed by atoms with Crippen LogP contribution in [0.15, 0.2) is 23.8 Å². The van der Waals surface area contributed by atoms with Crippen molar-refractivity contribution in [2.45, 2.75) is 65.7 Å². The van der Waals surface area contributed by atoms with Gasteiger partial charge in [0.1, 0.15) is 11.6 Å². The molecule has 3 saturated carbocycles. The molecule has 0 bridgehead atoms. The zero-order valence-electron chi connectivity index (χ0n) is 16.3. The molecule has 3 fully saturated rings. The molecule has 0 radical (unpaired) electrons. The van der Waals surface area contributed by atoms with Gasteiger partial charge in [-0.25, -0.2) is 0 Å². The van der Waals surface area contributed by atoms with Crippen LogP contribution in [0.25, 0.3) is 0 Å². The highest BCUT2D eigenvalue weighted by molar-refractivity contribution is 6.11. The lowest BCUT2D eigenvalue weighted by Gasteiger charge is -2.56. The smallest absolute Gasteiger partial charge is 0.168 e. The molecular formula is C23H30O3. The number of rotatable bonds is 2. The van der Waals surface area contributed by atoms with Crippen molar-refractivity contribution in [3.63, 3.8) is 0 Å². The van der Waals surface area contributed by atoms with Crippen molar-refractivity contribution < 1.29 is 14.4 Å². The van der Waals surface area contributed by atoms with Gasteiger partial charge in [0, 0.05) is 18.3 Å². The third-order valence-corrected chi connectivity index (χ3v) is 8.45. The van der Waals surface area contributed by atoms with Crippen LogP contribution in [0.2, 0.25) is 0 Å². The van der Waals surface area contributed by atoms with Crippen LogP contribution in [0, 0.1) is 34.5 Å². The number of hydrogen-bond donors (Lipinski definition) is 0. The Morgan fingerprint density at radius 1 is 1.15 bits per heavy atom. The second-order valence-corrected chi connectivity index (χ2v) is 9.72. The van der Waals surface area contributed by atoms with Crippen LogP contribution in [0.5, 0.6) is 0 Å². The lowest BCUT2D eigenvalue weighted by molar-refractivity contribution is -0.137. The molecule has 26 heavy (non-hydrogen) atoms. The first kappa shape index (κ1) is 17.9. The highest BCUT2D eigenvalue weighted by Gasteiger charge is 2.59. The SMILES string of the molecule is C=C(C)C(=O)C1CC2(C)C(=CCC3C4CCC(=O)C4(C)CCC32)CC1=O. The first-order valence-corrected chi connectivity index (χ1v) is 10.1. The summed E-state index contributed by atoms with van der Waals surface area (Å²) in [5.74, 6) is 1.40. The van der Waals surface area contributed by atoms with Gasteiger partial charge in [-0.3, -0.25) is 14.4 Å². The van der Waals surface area contributed by atoms with Crippen molar-refractivity contribution >= 4 is 17.3 Å². The molecule has 0 N–H and O–H groups in total. The van der Waals surface area contributed by atoms with Gasteiger partial charge in [-0.15, -0.1) is 0 Å². The van der Waals surface area contributed by atoms with Gasteiger partial charge in [-0.05, 0) is 67.8 Å². The lowest BCUT2D eigenvalue weighted by Crippen LogP contribution is -2.52. The second-order valence-electron chi connectivity index (χ2n) is 9.72. The summed E-state index contributed by atoms with van der Waals surface area (Å²) in [6.45, 7) is 9.95. The van der Waals surface area contributed by atoms with Crippen molar-refractivity contribution in [2.75, 3.05) is 0 Å². The van der Waals surface area contributed by atoms with Crippen LogP contribution < -0.4 is 0 Å². The molecule has 3 nitrogen and oxygen atoms in total. The first-order chi connectivity index (χ1) is 12.2. The van der Waals surface area contributed by atoms with Crippen molar-refractivity contribution in [1.82, 2.24) is 0 Å². The van der Waals surface area contributed by atoms with Gasteiger partial charge in [-0.1, -0.05) is 32.1 Å². The van der Waals surface area contributed by atoms with E-state index in [0.29, 0.717) is 42.0 Å². The highest BCUT2D eigenvalue weighted by Crippen LogP contribution is 2.64. The lowest BCUT2D eigenvalue weighted by atomic mass is 9.47. The molecule has 6 unspecified atom stereocenters. The molecule has 0 aliphatic heterocycles. The average molecular weight is 354 g/mol. The molecule has 4 aliphatic carbocycles. The Labute approximate surface area is 156 Å². The molecule has 4 aliphatic rings. The quantitative estimate of drug-likeness (QED) is 0.418. The molecule has 0 spiro atoms. The standard InChI is InChI=1S/C23H30O3/c1-13(2)21(26)16-12-23(4)14(11-19(16)24)5-6-15-17-7-8-20(25)22(17,3)10-9-18(15)23/h5,15-18H,1,6-12H2,2-4H3. The molecule has 0 aromatic carbocycles. The minimum absolute atomic E-state index is 0.0665. The number of ketones is 3. The van der Waals surface area contributed by atoms with Crippen LogP contribution in [-0.4, -0.2) is 17.3 Å². The Kier molecular flexibility index (Phi) is 3.95. The summed E-state index contributed by atoms with van der Waals surface area (Å²) in [6.07, 6.45) is 8.08. The monoisotopic (exact) mass is 354 g/mol. The number of carbonyl (C=O) groups excluding carboxylic acids is 3. The third kappa shape index (κ3) is 2.28. The fraction of sp³-hybridized carbons (Fsp3) is 0.696. The van der Waals surface area contributed by atoms with Gasteiger partial charge in [0.05, 0.1) is 5.92 Å². The van der Waals surface area contributed by atoms with Gasteiger partial charge < -0.3 is 0 Å². The van der Waals surface area contributed by atoms with E-state index in [9.17, 15) is 14.4 Å². The summed E-state index contributed by atoms with van der Waals surface area (Å²) in [6, 6.07) is 0. The van der Waals surface area contributed by atoms with Crippen LogP contribution >= 0.6 is 0 Å². The van der Waals surface area contributed by atoms with E-state index < -0.39 is 5.92 Å². The molecule has 0 amide bonds. The van der Waals surface area contributed by atoms with E-state index in [1.54, 1.807) is 6.92 Å². The Morgan fingerprint density at radius 3 is 2.54 bits per heavy atom. The van der Waals surface area contributed by atoms with E-state index in [0.717, 1.165) is 32.1 Å². The van der Waals surface area contributed by atoms with Crippen LogP contribution in [0.3, 0.4) is 0 Å². The molecule has 0 heterocycles. The van der Waals surface area contributed by atoms with Crippen LogP contribution in [0.4, 0.5) is 0 Å². The maximum atomic E-state index is 12.6. The fourth-order valence-corrected chi connectivity index (χ4v) is 6.87. The molecule has 4 rings (SSSR count). The maximum Gasteiger partial charge on any atom is 0.168 e. The van der Waals surface area contributed by atoms with Gasteiger partial charge in [-0.2, -0.15) is 0 Å². The minimum Gasteiger partial charge on any atom is -0.299 e. The van der Waals surface area contributed by atoms with Crippen molar-refractivity contribution in [1.29, 1.82) is 0 Å². The van der Waals surface area contributed by atoms with E-state index in [2.05, 4.69) is 26.5 Å². The molecule has 0 saturated heterocycles. The first-order valence-electron chi connectivity index (χ1n) is 10.1. The molecule has 0 aromatic heterocycles. The summed E-state index contributed by atoms with van der Waals surface area (Å²) >= 11 is 0. The van der Waals surface area contributed by atoms with Gasteiger partial charge in [0.15, 0.2) is 5.78 Å². The number of carbonyl (C=O) groups is 3. The summed E-state index contributed by atoms with van der Waals surface area (Å²) in [4.78, 5) is 37.7. The molecular weight excluding hydrogens is 324 g/mol. The van der Waals surface area contributed by atoms with Gasteiger partial charge in [0.25, 0.3) is 0 Å². The third-order valence-electron chi connectivity index (χ3n) is 8.45. The van der Waals surface area contributed by atoms with E-state index >= 15 is 0 Å². The maximum absolute atomic E-state index is 12.6. The molecule has 140 valence electrons. The number of Topliss-reactive ketones (excluding diaryl/α,β-unsaturated/α-hetero) is 3. The predicted molar refractivity (Wildman–Crippen MR) is 100 cm³/mol. The van der Waals surface area contributed by atoms with Crippen molar-refractivity contribution in [3.05, 3.63) is 23.8 Å².